The van der Waals surface area contributed by atoms with E-state index in [1.165, 1.54) is 5.56 Å². The van der Waals surface area contributed by atoms with E-state index >= 15 is 0 Å². The summed E-state index contributed by atoms with van der Waals surface area (Å²) in [5.74, 6) is 0.955. The monoisotopic (exact) mass is 220 g/mol. The van der Waals surface area contributed by atoms with Crippen molar-refractivity contribution in [3.63, 3.8) is 0 Å². The molecule has 4 nitrogen and oxygen atoms in total. The second-order valence-electron chi connectivity index (χ2n) is 4.26. The van der Waals surface area contributed by atoms with Gasteiger partial charge in [0.15, 0.2) is 0 Å². The molecule has 1 atom stereocenters. The molecule has 2 heterocycles. The fourth-order valence-electron chi connectivity index (χ4n) is 2.11. The van der Waals surface area contributed by atoms with Crippen molar-refractivity contribution in [2.45, 2.75) is 13.3 Å². The highest BCUT2D eigenvalue weighted by Gasteiger charge is 2.28. The third-order valence-corrected chi connectivity index (χ3v) is 3.03. The zero-order chi connectivity index (χ0) is 11.0. The molecule has 0 aromatic heterocycles. The summed E-state index contributed by atoms with van der Waals surface area (Å²) in [5, 5.41) is 3.38. The number of morpholine rings is 1. The second-order valence-corrected chi connectivity index (χ2v) is 4.26. The van der Waals surface area contributed by atoms with E-state index in [-0.39, 0.29) is 6.35 Å². The molecule has 2 aliphatic rings. The summed E-state index contributed by atoms with van der Waals surface area (Å²) in [6.45, 7) is 5.49. The standard InChI is InChI=1S/C12H16N2O2/c1-9-2-3-10-11(8-9)16-12(13-10)14-4-6-15-7-5-14/h2-3,8,12-13H,4-7H2,1H3. The average Bonchev–Trinajstić information content (AvgIpc) is 2.73. The van der Waals surface area contributed by atoms with Crippen molar-refractivity contribution < 1.29 is 9.47 Å². The van der Waals surface area contributed by atoms with Crippen LogP contribution in [-0.2, 0) is 4.74 Å². The number of fused-ring (bicyclic) bond motifs is 1. The van der Waals surface area contributed by atoms with E-state index in [1.807, 2.05) is 0 Å². The third-order valence-electron chi connectivity index (χ3n) is 3.03. The summed E-state index contributed by atoms with van der Waals surface area (Å²) in [4.78, 5) is 2.26. The van der Waals surface area contributed by atoms with E-state index in [0.29, 0.717) is 0 Å². The van der Waals surface area contributed by atoms with Crippen LogP contribution in [0.4, 0.5) is 5.69 Å². The van der Waals surface area contributed by atoms with Crippen molar-refractivity contribution in [2.24, 2.45) is 0 Å². The molecular formula is C12H16N2O2. The molecule has 0 saturated carbocycles. The van der Waals surface area contributed by atoms with Gasteiger partial charge in [0.2, 0.25) is 6.35 Å². The number of ether oxygens (including phenoxy) is 2. The van der Waals surface area contributed by atoms with Gasteiger partial charge in [0, 0.05) is 13.1 Å². The topological polar surface area (TPSA) is 33.7 Å². The van der Waals surface area contributed by atoms with E-state index in [9.17, 15) is 0 Å². The first-order valence-electron chi connectivity index (χ1n) is 5.68. The lowest BCUT2D eigenvalue weighted by molar-refractivity contribution is -0.0274. The lowest BCUT2D eigenvalue weighted by atomic mass is 10.2. The van der Waals surface area contributed by atoms with E-state index in [1.54, 1.807) is 0 Å². The van der Waals surface area contributed by atoms with Gasteiger partial charge in [0.05, 0.1) is 18.9 Å². The van der Waals surface area contributed by atoms with Gasteiger partial charge in [0.25, 0.3) is 0 Å². The molecule has 1 fully saturated rings. The number of hydrogen-bond donors (Lipinski definition) is 1. The molecule has 1 aromatic carbocycles. The molecule has 0 aliphatic carbocycles. The van der Waals surface area contributed by atoms with E-state index in [2.05, 4.69) is 35.3 Å². The number of rotatable bonds is 1. The van der Waals surface area contributed by atoms with Crippen LogP contribution in [0.15, 0.2) is 18.2 Å². The largest absolute Gasteiger partial charge is 0.455 e. The van der Waals surface area contributed by atoms with Crippen molar-refractivity contribution in [1.82, 2.24) is 4.90 Å². The minimum atomic E-state index is -0.0271. The molecule has 1 N–H and O–H groups in total. The molecular weight excluding hydrogens is 204 g/mol. The van der Waals surface area contributed by atoms with Crippen LogP contribution in [0, 0.1) is 6.92 Å². The Balaban J connectivity index is 1.74. The summed E-state index contributed by atoms with van der Waals surface area (Å²) < 4.78 is 11.2. The van der Waals surface area contributed by atoms with Crippen LogP contribution in [0.1, 0.15) is 5.56 Å². The lowest BCUT2D eigenvalue weighted by Gasteiger charge is -2.30. The molecule has 0 spiro atoms. The molecule has 86 valence electrons. The maximum absolute atomic E-state index is 5.89. The fraction of sp³-hybridized carbons (Fsp3) is 0.500. The molecule has 4 heteroatoms. The SMILES string of the molecule is Cc1ccc2c(c1)OC(N1CCOCC1)N2. The van der Waals surface area contributed by atoms with Crippen molar-refractivity contribution in [3.8, 4) is 5.75 Å². The lowest BCUT2D eigenvalue weighted by Crippen LogP contribution is -2.48. The van der Waals surface area contributed by atoms with Gasteiger partial charge in [-0.3, -0.25) is 0 Å². The smallest absolute Gasteiger partial charge is 0.230 e. The van der Waals surface area contributed by atoms with Gasteiger partial charge < -0.3 is 14.8 Å². The first-order chi connectivity index (χ1) is 7.83. The molecule has 2 aliphatic heterocycles. The van der Waals surface area contributed by atoms with Gasteiger partial charge in [0.1, 0.15) is 5.75 Å². The number of aryl methyl sites for hydroxylation is 1. The van der Waals surface area contributed by atoms with Crippen molar-refractivity contribution >= 4 is 5.69 Å². The highest BCUT2D eigenvalue weighted by Crippen LogP contribution is 2.33. The number of nitrogens with zero attached hydrogens (tertiary/aromatic N) is 1. The van der Waals surface area contributed by atoms with Gasteiger partial charge in [-0.2, -0.15) is 0 Å². The zero-order valence-corrected chi connectivity index (χ0v) is 9.40. The summed E-state index contributed by atoms with van der Waals surface area (Å²) >= 11 is 0. The predicted molar refractivity (Wildman–Crippen MR) is 61.6 cm³/mol. The highest BCUT2D eigenvalue weighted by atomic mass is 16.5. The van der Waals surface area contributed by atoms with Crippen LogP contribution < -0.4 is 10.1 Å². The Morgan fingerprint density at radius 1 is 1.31 bits per heavy atom. The van der Waals surface area contributed by atoms with Gasteiger partial charge in [-0.15, -0.1) is 0 Å². The van der Waals surface area contributed by atoms with Crippen molar-refractivity contribution in [2.75, 3.05) is 31.6 Å². The molecule has 1 unspecified atom stereocenters. The average molecular weight is 220 g/mol. The Hall–Kier alpha value is -1.26. The Morgan fingerprint density at radius 3 is 2.94 bits per heavy atom. The van der Waals surface area contributed by atoms with Gasteiger partial charge in [-0.1, -0.05) is 6.07 Å². The maximum atomic E-state index is 5.89. The number of nitrogens with one attached hydrogen (secondary N) is 1. The minimum Gasteiger partial charge on any atom is -0.455 e. The van der Waals surface area contributed by atoms with Gasteiger partial charge >= 0.3 is 0 Å². The zero-order valence-electron chi connectivity index (χ0n) is 9.40. The molecule has 3 rings (SSSR count). The second kappa shape index (κ2) is 3.96. The molecule has 16 heavy (non-hydrogen) atoms. The van der Waals surface area contributed by atoms with Crippen LogP contribution in [-0.4, -0.2) is 37.6 Å². The van der Waals surface area contributed by atoms with Crippen LogP contribution >= 0.6 is 0 Å². The number of anilines is 1. The Morgan fingerprint density at radius 2 is 2.12 bits per heavy atom. The highest BCUT2D eigenvalue weighted by molar-refractivity contribution is 5.60. The van der Waals surface area contributed by atoms with E-state index < -0.39 is 0 Å². The molecule has 0 amide bonds. The van der Waals surface area contributed by atoms with Crippen LogP contribution in [0.25, 0.3) is 0 Å². The Kier molecular flexibility index (Phi) is 2.46. The summed E-state index contributed by atoms with van der Waals surface area (Å²) in [5.41, 5.74) is 2.31. The molecule has 0 radical (unpaired) electrons. The third kappa shape index (κ3) is 1.74. The first kappa shape index (κ1) is 9.93. The van der Waals surface area contributed by atoms with Crippen molar-refractivity contribution in [3.05, 3.63) is 23.8 Å². The predicted octanol–water partition coefficient (Wildman–Crippen LogP) is 1.42. The Labute approximate surface area is 95.1 Å². The van der Waals surface area contributed by atoms with Crippen LogP contribution in [0.3, 0.4) is 0 Å². The normalized spacial score (nSPS) is 24.7. The number of hydrogen-bond acceptors (Lipinski definition) is 4. The van der Waals surface area contributed by atoms with E-state index in [4.69, 9.17) is 9.47 Å². The van der Waals surface area contributed by atoms with Crippen LogP contribution in [0.2, 0.25) is 0 Å². The summed E-state index contributed by atoms with van der Waals surface area (Å²) in [6.07, 6.45) is -0.0271. The van der Waals surface area contributed by atoms with Crippen LogP contribution in [0.5, 0.6) is 5.75 Å². The van der Waals surface area contributed by atoms with Gasteiger partial charge in [-0.25, -0.2) is 4.90 Å². The summed E-state index contributed by atoms with van der Waals surface area (Å²) in [6, 6.07) is 6.24. The molecule has 0 bridgehead atoms. The molecule has 1 aromatic rings. The summed E-state index contributed by atoms with van der Waals surface area (Å²) in [7, 11) is 0. The maximum Gasteiger partial charge on any atom is 0.230 e. The minimum absolute atomic E-state index is 0.0271. The first-order valence-corrected chi connectivity index (χ1v) is 5.68. The van der Waals surface area contributed by atoms with Crippen molar-refractivity contribution in [1.29, 1.82) is 0 Å². The number of benzene rings is 1. The quantitative estimate of drug-likeness (QED) is 0.776. The fourth-order valence-corrected chi connectivity index (χ4v) is 2.11. The van der Waals surface area contributed by atoms with Gasteiger partial charge in [-0.05, 0) is 24.6 Å². The molecule has 1 saturated heterocycles. The Bertz CT molecular complexity index is 389. The van der Waals surface area contributed by atoms with E-state index in [0.717, 1.165) is 37.7 Å².